The number of nitrogens with zero attached hydrogens (tertiary/aromatic N) is 2. The van der Waals surface area contributed by atoms with Gasteiger partial charge in [0.2, 0.25) is 21.8 Å². The van der Waals surface area contributed by atoms with Crippen LogP contribution in [0.5, 0.6) is 0 Å². The third kappa shape index (κ3) is 8.32. The normalized spacial score (nSPS) is 14.8. The van der Waals surface area contributed by atoms with E-state index in [1.165, 1.54) is 11.0 Å². The first kappa shape index (κ1) is 29.6. The number of carbonyl (C=O) groups is 2. The average molecular weight is 582 g/mol. The quantitative estimate of drug-likeness (QED) is 0.337. The van der Waals surface area contributed by atoms with Gasteiger partial charge in [0.15, 0.2) is 0 Å². The Kier molecular flexibility index (Phi) is 10.2. The fraction of sp³-hybridized carbons (Fsp3) is 0.355. The fourth-order valence-corrected chi connectivity index (χ4v) is 6.15. The zero-order valence-electron chi connectivity index (χ0n) is 22.7. The number of benzene rings is 3. The summed E-state index contributed by atoms with van der Waals surface area (Å²) in [5.41, 5.74) is 2.04. The van der Waals surface area contributed by atoms with E-state index in [9.17, 15) is 18.0 Å². The Morgan fingerprint density at radius 2 is 1.52 bits per heavy atom. The van der Waals surface area contributed by atoms with E-state index in [4.69, 9.17) is 11.6 Å². The lowest BCUT2D eigenvalue weighted by atomic mass is 9.94. The highest BCUT2D eigenvalue weighted by Crippen LogP contribution is 2.24. The van der Waals surface area contributed by atoms with Gasteiger partial charge in [0.25, 0.3) is 0 Å². The van der Waals surface area contributed by atoms with Gasteiger partial charge in [0, 0.05) is 24.0 Å². The smallest absolute Gasteiger partial charge is 0.244 e. The predicted octanol–water partition coefficient (Wildman–Crippen LogP) is 5.20. The van der Waals surface area contributed by atoms with Gasteiger partial charge >= 0.3 is 0 Å². The summed E-state index contributed by atoms with van der Waals surface area (Å²) in [4.78, 5) is 29.5. The maximum absolute atomic E-state index is 14.1. The summed E-state index contributed by atoms with van der Waals surface area (Å²) in [6, 6.07) is 24.6. The monoisotopic (exact) mass is 581 g/mol. The second kappa shape index (κ2) is 13.8. The molecule has 2 amide bonds. The molecule has 212 valence electrons. The minimum absolute atomic E-state index is 0.0622. The van der Waals surface area contributed by atoms with Gasteiger partial charge in [-0.05, 0) is 42.2 Å². The molecular formula is C31H36ClN3O4S. The van der Waals surface area contributed by atoms with Crippen molar-refractivity contribution in [2.75, 3.05) is 17.1 Å². The Morgan fingerprint density at radius 1 is 0.900 bits per heavy atom. The van der Waals surface area contributed by atoms with Crippen molar-refractivity contribution in [3.05, 3.63) is 101 Å². The molecule has 9 heteroatoms. The lowest BCUT2D eigenvalue weighted by Gasteiger charge is -2.35. The molecule has 7 nitrogen and oxygen atoms in total. The minimum Gasteiger partial charge on any atom is -0.352 e. The van der Waals surface area contributed by atoms with E-state index in [-0.39, 0.29) is 24.2 Å². The van der Waals surface area contributed by atoms with Crippen LogP contribution >= 0.6 is 11.6 Å². The predicted molar refractivity (Wildman–Crippen MR) is 160 cm³/mol. The summed E-state index contributed by atoms with van der Waals surface area (Å²) in [5.74, 6) is -0.706. The average Bonchev–Trinajstić information content (AvgIpc) is 2.94. The number of rotatable bonds is 11. The number of hydrogen-bond donors (Lipinski definition) is 1. The molecule has 1 saturated carbocycles. The zero-order chi connectivity index (χ0) is 28.5. The van der Waals surface area contributed by atoms with Crippen LogP contribution in [0, 0.1) is 0 Å². The highest BCUT2D eigenvalue weighted by atomic mass is 35.5. The fourth-order valence-electron chi connectivity index (χ4n) is 5.12. The summed E-state index contributed by atoms with van der Waals surface area (Å²) in [6.07, 6.45) is 6.45. The van der Waals surface area contributed by atoms with Crippen molar-refractivity contribution in [3.63, 3.8) is 0 Å². The molecule has 4 rings (SSSR count). The Bertz CT molecular complexity index is 1380. The van der Waals surface area contributed by atoms with E-state index in [1.54, 1.807) is 18.2 Å². The van der Waals surface area contributed by atoms with Crippen LogP contribution in [-0.4, -0.2) is 50.0 Å². The lowest BCUT2D eigenvalue weighted by molar-refractivity contribution is -0.140. The van der Waals surface area contributed by atoms with Crippen molar-refractivity contribution in [1.82, 2.24) is 10.2 Å². The first-order valence-corrected chi connectivity index (χ1v) is 15.8. The number of hydrogen-bond acceptors (Lipinski definition) is 4. The standard InChI is InChI=1S/C31H36ClN3O4S/c1-40(38,39)35(28-19-11-16-26(32)21-28)23-30(36)34(22-25-14-7-3-8-15-25)29(20-24-12-5-2-6-13-24)31(37)33-27-17-9-4-10-18-27/h2-3,5-8,11-16,19,21,27,29H,4,9-10,17-18,20,22-23H2,1H3,(H,33,37)/t29-/m1/s1. The van der Waals surface area contributed by atoms with Gasteiger partial charge in [-0.25, -0.2) is 8.42 Å². The molecule has 0 bridgehead atoms. The maximum atomic E-state index is 14.1. The van der Waals surface area contributed by atoms with Crippen molar-refractivity contribution >= 4 is 39.1 Å². The number of nitrogens with one attached hydrogen (secondary N) is 1. The Balaban J connectivity index is 1.70. The molecule has 1 atom stereocenters. The largest absolute Gasteiger partial charge is 0.352 e. The third-order valence-electron chi connectivity index (χ3n) is 7.19. The Labute approximate surface area is 242 Å². The number of sulfonamides is 1. The molecule has 0 saturated heterocycles. The SMILES string of the molecule is CS(=O)(=O)N(CC(=O)N(Cc1ccccc1)[C@H](Cc1ccccc1)C(=O)NC1CCCCC1)c1cccc(Cl)c1. The van der Waals surface area contributed by atoms with Crippen LogP contribution in [0.25, 0.3) is 0 Å². The van der Waals surface area contributed by atoms with Gasteiger partial charge in [-0.15, -0.1) is 0 Å². The molecule has 1 fully saturated rings. The van der Waals surface area contributed by atoms with Gasteiger partial charge in [-0.2, -0.15) is 0 Å². The molecule has 1 aliphatic carbocycles. The van der Waals surface area contributed by atoms with E-state index in [1.807, 2.05) is 60.7 Å². The van der Waals surface area contributed by atoms with Crippen LogP contribution in [0.3, 0.4) is 0 Å². The van der Waals surface area contributed by atoms with E-state index >= 15 is 0 Å². The van der Waals surface area contributed by atoms with Crippen LogP contribution in [0.15, 0.2) is 84.9 Å². The van der Waals surface area contributed by atoms with Gasteiger partial charge in [0.05, 0.1) is 11.9 Å². The molecule has 3 aromatic carbocycles. The summed E-state index contributed by atoms with van der Waals surface area (Å²) < 4.78 is 26.7. The van der Waals surface area contributed by atoms with E-state index in [0.29, 0.717) is 11.4 Å². The topological polar surface area (TPSA) is 86.8 Å². The highest BCUT2D eigenvalue weighted by Gasteiger charge is 2.34. The molecule has 40 heavy (non-hydrogen) atoms. The van der Waals surface area contributed by atoms with Crippen molar-refractivity contribution in [1.29, 1.82) is 0 Å². The zero-order valence-corrected chi connectivity index (χ0v) is 24.3. The number of carbonyl (C=O) groups excluding carboxylic acids is 2. The maximum Gasteiger partial charge on any atom is 0.244 e. The molecule has 0 unspecified atom stereocenters. The summed E-state index contributed by atoms with van der Waals surface area (Å²) in [7, 11) is -3.84. The molecule has 1 aliphatic rings. The van der Waals surface area contributed by atoms with Crippen LogP contribution in [0.4, 0.5) is 5.69 Å². The summed E-state index contributed by atoms with van der Waals surface area (Å²) >= 11 is 6.15. The molecule has 0 aromatic heterocycles. The van der Waals surface area contributed by atoms with E-state index < -0.39 is 28.5 Å². The van der Waals surface area contributed by atoms with Crippen LogP contribution < -0.4 is 9.62 Å². The van der Waals surface area contributed by atoms with Crippen LogP contribution in [-0.2, 0) is 32.6 Å². The van der Waals surface area contributed by atoms with Gasteiger partial charge in [0.1, 0.15) is 12.6 Å². The second-order valence-corrected chi connectivity index (χ2v) is 12.6. The third-order valence-corrected chi connectivity index (χ3v) is 8.57. The van der Waals surface area contributed by atoms with Gasteiger partial charge < -0.3 is 10.2 Å². The number of amides is 2. The summed E-state index contributed by atoms with van der Waals surface area (Å²) in [6.45, 7) is -0.309. The second-order valence-electron chi connectivity index (χ2n) is 10.3. The van der Waals surface area contributed by atoms with Crippen LogP contribution in [0.2, 0.25) is 5.02 Å². The first-order chi connectivity index (χ1) is 19.2. The van der Waals surface area contributed by atoms with Crippen molar-refractivity contribution in [3.8, 4) is 0 Å². The Hall–Kier alpha value is -3.36. The van der Waals surface area contributed by atoms with E-state index in [0.717, 1.165) is 53.8 Å². The molecule has 0 aliphatic heterocycles. The lowest BCUT2D eigenvalue weighted by Crippen LogP contribution is -2.55. The number of anilines is 1. The van der Waals surface area contributed by atoms with Crippen molar-refractivity contribution in [2.24, 2.45) is 0 Å². The number of halogens is 1. The minimum atomic E-state index is -3.84. The van der Waals surface area contributed by atoms with Gasteiger partial charge in [-0.3, -0.25) is 13.9 Å². The molecule has 0 spiro atoms. The van der Waals surface area contributed by atoms with Gasteiger partial charge in [-0.1, -0.05) is 97.6 Å². The van der Waals surface area contributed by atoms with Crippen LogP contribution in [0.1, 0.15) is 43.2 Å². The van der Waals surface area contributed by atoms with Crippen molar-refractivity contribution in [2.45, 2.75) is 57.2 Å². The first-order valence-electron chi connectivity index (χ1n) is 13.6. The molecular weight excluding hydrogens is 546 g/mol. The Morgan fingerprint density at radius 3 is 2.12 bits per heavy atom. The molecule has 1 N–H and O–H groups in total. The molecule has 0 radical (unpaired) electrons. The van der Waals surface area contributed by atoms with Crippen molar-refractivity contribution < 1.29 is 18.0 Å². The molecule has 3 aromatic rings. The molecule has 0 heterocycles. The van der Waals surface area contributed by atoms with E-state index in [2.05, 4.69) is 5.32 Å². The highest BCUT2D eigenvalue weighted by molar-refractivity contribution is 7.92. The summed E-state index contributed by atoms with van der Waals surface area (Å²) in [5, 5.41) is 3.56.